The summed E-state index contributed by atoms with van der Waals surface area (Å²) in [5, 5.41) is 22.9. The second-order valence-electron chi connectivity index (χ2n) is 7.32. The lowest BCUT2D eigenvalue weighted by Crippen LogP contribution is -2.43. The summed E-state index contributed by atoms with van der Waals surface area (Å²) in [5.74, 6) is -2.48. The number of fused-ring (bicyclic) bond motifs is 3. The molecule has 0 radical (unpaired) electrons. The number of aromatic hydroxyl groups is 1. The summed E-state index contributed by atoms with van der Waals surface area (Å²) in [6.45, 7) is 0.717. The summed E-state index contributed by atoms with van der Waals surface area (Å²) in [4.78, 5) is 30.0. The second kappa shape index (κ2) is 7.33. The molecule has 3 heterocycles. The van der Waals surface area contributed by atoms with Gasteiger partial charge in [-0.25, -0.2) is 4.79 Å². The Labute approximate surface area is 181 Å². The molecule has 0 aromatic heterocycles. The van der Waals surface area contributed by atoms with Crippen LogP contribution in [0, 0.1) is 0 Å². The van der Waals surface area contributed by atoms with Gasteiger partial charge in [0.15, 0.2) is 11.5 Å². The number of phenolic OH excluding ortho intramolecular Hbond substituents is 1. The number of carbonyl (C=O) groups is 2. The number of phenols is 1. The molecule has 4 aliphatic rings. The molecule has 3 aliphatic heterocycles. The number of ketones is 1. The van der Waals surface area contributed by atoms with Crippen molar-refractivity contribution in [3.05, 3.63) is 39.0 Å². The molecule has 31 heavy (non-hydrogen) atoms. The highest BCUT2D eigenvalue weighted by molar-refractivity contribution is 9.12. The maximum absolute atomic E-state index is 12.0. The summed E-state index contributed by atoms with van der Waals surface area (Å²) in [7, 11) is 0. The van der Waals surface area contributed by atoms with E-state index in [0.717, 1.165) is 28.1 Å². The minimum Gasteiger partial charge on any atom is -0.504 e. The van der Waals surface area contributed by atoms with Crippen molar-refractivity contribution in [3.8, 4) is 5.75 Å². The average Bonchev–Trinajstić information content (AvgIpc) is 3.14. The SMILES string of the molecule is O=C(O)C(F)(F)F.O=C1CC[C@@]2(C=CNc3c(O)c4c5c(c32)=NCCC=5C=N4)C=C1Br. The van der Waals surface area contributed by atoms with Gasteiger partial charge >= 0.3 is 12.1 Å². The van der Waals surface area contributed by atoms with Gasteiger partial charge < -0.3 is 15.5 Å². The lowest BCUT2D eigenvalue weighted by Gasteiger charge is -2.36. The van der Waals surface area contributed by atoms with E-state index < -0.39 is 17.6 Å². The Bertz CT molecular complexity index is 1230. The predicted molar refractivity (Wildman–Crippen MR) is 109 cm³/mol. The fraction of sp³-hybridized carbons (Fsp3) is 0.300. The molecule has 1 aromatic carbocycles. The summed E-state index contributed by atoms with van der Waals surface area (Å²) in [5.41, 5.74) is 2.90. The van der Waals surface area contributed by atoms with Crippen molar-refractivity contribution in [2.24, 2.45) is 9.98 Å². The number of benzene rings is 1. The van der Waals surface area contributed by atoms with Crippen LogP contribution in [-0.4, -0.2) is 40.9 Å². The van der Waals surface area contributed by atoms with E-state index in [1.165, 1.54) is 0 Å². The molecule has 7 nitrogen and oxygen atoms in total. The number of anilines is 1. The summed E-state index contributed by atoms with van der Waals surface area (Å²) in [6, 6.07) is 0. The third-order valence-electron chi connectivity index (χ3n) is 5.48. The fourth-order valence-corrected chi connectivity index (χ4v) is 4.69. The Morgan fingerprint density at radius 1 is 1.29 bits per heavy atom. The monoisotopic (exact) mass is 497 g/mol. The highest BCUT2D eigenvalue weighted by atomic mass is 79.9. The van der Waals surface area contributed by atoms with Gasteiger partial charge in [-0.2, -0.15) is 13.2 Å². The number of nitrogens with zero attached hydrogens (tertiary/aromatic N) is 2. The zero-order valence-corrected chi connectivity index (χ0v) is 17.3. The molecule has 1 aromatic rings. The van der Waals surface area contributed by atoms with Crippen LogP contribution in [0.25, 0.3) is 5.57 Å². The number of hydrogen-bond acceptors (Lipinski definition) is 6. The first-order valence-electron chi connectivity index (χ1n) is 9.22. The maximum atomic E-state index is 12.0. The Morgan fingerprint density at radius 3 is 2.65 bits per heavy atom. The minimum absolute atomic E-state index is 0.112. The smallest absolute Gasteiger partial charge is 0.490 e. The van der Waals surface area contributed by atoms with Crippen molar-refractivity contribution in [2.75, 3.05) is 11.9 Å². The molecule has 5 rings (SSSR count). The first kappa shape index (κ1) is 21.3. The van der Waals surface area contributed by atoms with Crippen molar-refractivity contribution in [1.82, 2.24) is 0 Å². The number of aliphatic carboxylic acids is 1. The maximum Gasteiger partial charge on any atom is 0.490 e. The molecule has 0 fully saturated rings. The lowest BCUT2D eigenvalue weighted by molar-refractivity contribution is -0.192. The molecule has 0 saturated carbocycles. The number of carbonyl (C=O) groups excluding carboxylic acids is 1. The zero-order valence-electron chi connectivity index (χ0n) is 15.8. The van der Waals surface area contributed by atoms with Crippen LogP contribution in [-0.2, 0) is 15.0 Å². The van der Waals surface area contributed by atoms with Crippen molar-refractivity contribution >= 4 is 50.8 Å². The highest BCUT2D eigenvalue weighted by Gasteiger charge is 2.40. The number of allylic oxidation sites excluding steroid dienone is 3. The Balaban J connectivity index is 0.000000289. The molecule has 0 amide bonds. The second-order valence-corrected chi connectivity index (χ2v) is 8.18. The van der Waals surface area contributed by atoms with E-state index in [-0.39, 0.29) is 11.5 Å². The molecule has 1 spiro atoms. The van der Waals surface area contributed by atoms with Crippen LogP contribution in [0.1, 0.15) is 24.8 Å². The Morgan fingerprint density at radius 2 is 2.00 bits per heavy atom. The number of halogens is 4. The first-order valence-corrected chi connectivity index (χ1v) is 10.0. The quantitative estimate of drug-likeness (QED) is 0.477. The van der Waals surface area contributed by atoms with Crippen LogP contribution < -0.4 is 15.9 Å². The van der Waals surface area contributed by atoms with E-state index in [1.54, 1.807) is 0 Å². The van der Waals surface area contributed by atoms with Gasteiger partial charge in [-0.05, 0) is 40.5 Å². The van der Waals surface area contributed by atoms with Crippen LogP contribution in [0.5, 0.6) is 5.75 Å². The average molecular weight is 498 g/mol. The van der Waals surface area contributed by atoms with Crippen LogP contribution in [0.3, 0.4) is 0 Å². The number of hydrogen-bond donors (Lipinski definition) is 3. The third-order valence-corrected chi connectivity index (χ3v) is 6.15. The van der Waals surface area contributed by atoms with Crippen LogP contribution in [0.2, 0.25) is 0 Å². The third kappa shape index (κ3) is 3.46. The van der Waals surface area contributed by atoms with Gasteiger partial charge in [-0.1, -0.05) is 12.2 Å². The molecular weight excluding hydrogens is 483 g/mol. The summed E-state index contributed by atoms with van der Waals surface area (Å²) < 4.78 is 32.3. The van der Waals surface area contributed by atoms with Gasteiger partial charge in [0, 0.05) is 35.4 Å². The molecule has 11 heteroatoms. The fourth-order valence-electron chi connectivity index (χ4n) is 4.08. The number of carboxylic acid groups (broad SMARTS) is 1. The largest absolute Gasteiger partial charge is 0.504 e. The number of rotatable bonds is 0. The number of alkyl halides is 3. The van der Waals surface area contributed by atoms with Gasteiger partial charge in [-0.15, -0.1) is 0 Å². The van der Waals surface area contributed by atoms with E-state index in [2.05, 4.69) is 32.3 Å². The van der Waals surface area contributed by atoms with Crippen LogP contribution >= 0.6 is 15.9 Å². The topological polar surface area (TPSA) is 111 Å². The first-order chi connectivity index (χ1) is 14.5. The molecule has 0 bridgehead atoms. The zero-order chi connectivity index (χ0) is 22.6. The van der Waals surface area contributed by atoms with Gasteiger partial charge in [-0.3, -0.25) is 14.8 Å². The highest BCUT2D eigenvalue weighted by Crippen LogP contribution is 2.47. The van der Waals surface area contributed by atoms with Crippen molar-refractivity contribution in [1.29, 1.82) is 0 Å². The number of carboxylic acids is 1. The summed E-state index contributed by atoms with van der Waals surface area (Å²) in [6.07, 6.45) is 4.58. The normalized spacial score (nSPS) is 22.6. The van der Waals surface area contributed by atoms with E-state index in [1.807, 2.05) is 18.5 Å². The molecule has 1 aliphatic carbocycles. The molecular formula is C20H15BrF3N3O4. The number of nitrogens with one attached hydrogen (secondary N) is 1. The van der Waals surface area contributed by atoms with E-state index in [4.69, 9.17) is 14.9 Å². The molecule has 0 unspecified atom stereocenters. The van der Waals surface area contributed by atoms with E-state index in [0.29, 0.717) is 35.2 Å². The molecule has 162 valence electrons. The molecule has 0 saturated heterocycles. The van der Waals surface area contributed by atoms with Gasteiger partial charge in [0.05, 0.1) is 15.5 Å². The Kier molecular flexibility index (Phi) is 5.03. The molecule has 3 N–H and O–H groups in total. The van der Waals surface area contributed by atoms with Gasteiger partial charge in [0.1, 0.15) is 5.69 Å². The van der Waals surface area contributed by atoms with Gasteiger partial charge in [0.25, 0.3) is 0 Å². The predicted octanol–water partition coefficient (Wildman–Crippen LogP) is 2.73. The number of aliphatic imine (C=N–C) groups is 1. The van der Waals surface area contributed by atoms with Crippen molar-refractivity contribution in [3.63, 3.8) is 0 Å². The van der Waals surface area contributed by atoms with Crippen LogP contribution in [0.4, 0.5) is 24.5 Å². The standard InChI is InChI=1S/C18H14BrN3O2.C2HF3O2/c19-10-7-18(3-1-11(10)23)4-6-21-16-13(18)14-12-9(2-5-20-14)8-22-15(12)17(16)24;3-2(4,5)1(6)7/h4,6-8,21,24H,1-3,5H2;(H,6,7)/t18-;/m1./s1. The minimum atomic E-state index is -5.08. The lowest BCUT2D eigenvalue weighted by atomic mass is 9.70. The van der Waals surface area contributed by atoms with Crippen molar-refractivity contribution < 1.29 is 33.0 Å². The van der Waals surface area contributed by atoms with Crippen LogP contribution in [0.15, 0.2) is 32.8 Å². The molecule has 1 atom stereocenters. The number of Topliss-reactive ketones (excluding diaryl/α,β-unsaturated/α-hetero) is 1. The summed E-state index contributed by atoms with van der Waals surface area (Å²) >= 11 is 3.40. The van der Waals surface area contributed by atoms with Crippen molar-refractivity contribution in [2.45, 2.75) is 30.9 Å². The van der Waals surface area contributed by atoms with E-state index >= 15 is 0 Å². The Hall–Kier alpha value is -2.95. The van der Waals surface area contributed by atoms with Gasteiger partial charge in [0.2, 0.25) is 0 Å². The van der Waals surface area contributed by atoms with E-state index in [9.17, 15) is 23.1 Å².